The van der Waals surface area contributed by atoms with Gasteiger partial charge in [0.2, 0.25) is 0 Å². The number of hydrogen-bond acceptors (Lipinski definition) is 5. The summed E-state index contributed by atoms with van der Waals surface area (Å²) < 4.78 is 4.86. The van der Waals surface area contributed by atoms with Crippen LogP contribution in [0.1, 0.15) is 24.6 Å². The van der Waals surface area contributed by atoms with Gasteiger partial charge in [0.25, 0.3) is 0 Å². The molecule has 0 spiro atoms. The van der Waals surface area contributed by atoms with E-state index in [0.29, 0.717) is 13.2 Å². The lowest BCUT2D eigenvalue weighted by molar-refractivity contribution is -0.142. The normalized spacial score (nSPS) is 15.6. The Labute approximate surface area is 126 Å². The Hall–Kier alpha value is -1.72. The molecule has 21 heavy (non-hydrogen) atoms. The van der Waals surface area contributed by atoms with Crippen molar-refractivity contribution in [3.05, 3.63) is 35.7 Å². The van der Waals surface area contributed by atoms with Gasteiger partial charge in [0, 0.05) is 25.8 Å². The lowest BCUT2D eigenvalue weighted by atomic mass is 10.0. The van der Waals surface area contributed by atoms with Crippen molar-refractivity contribution in [3.63, 3.8) is 0 Å². The molecule has 0 bridgehead atoms. The Kier molecular flexibility index (Phi) is 5.90. The van der Waals surface area contributed by atoms with Crippen molar-refractivity contribution in [3.8, 4) is 0 Å². The highest BCUT2D eigenvalue weighted by Crippen LogP contribution is 2.19. The van der Waals surface area contributed by atoms with E-state index < -0.39 is 0 Å². The Morgan fingerprint density at radius 3 is 2.95 bits per heavy atom. The lowest BCUT2D eigenvalue weighted by Gasteiger charge is -2.21. The van der Waals surface area contributed by atoms with Gasteiger partial charge in [0.05, 0.1) is 18.8 Å². The maximum absolute atomic E-state index is 11.2. The molecule has 1 N–H and O–H groups in total. The number of nitrogens with zero attached hydrogens (tertiary/aromatic N) is 2. The zero-order chi connectivity index (χ0) is 15.1. The number of ether oxygens (including phenoxy) is 1. The lowest BCUT2D eigenvalue weighted by Crippen LogP contribution is -2.24. The second-order valence-electron chi connectivity index (χ2n) is 5.20. The molecule has 0 amide bonds. The SMILES string of the molecule is CCOC(=O)CNCc1ccc(C2=CCN(C)CC2)nc1. The predicted octanol–water partition coefficient (Wildman–Crippen LogP) is 1.45. The highest BCUT2D eigenvalue weighted by Gasteiger charge is 2.10. The van der Waals surface area contributed by atoms with E-state index in [9.17, 15) is 4.79 Å². The first-order chi connectivity index (χ1) is 10.2. The molecule has 0 saturated heterocycles. The van der Waals surface area contributed by atoms with Gasteiger partial charge in [-0.25, -0.2) is 0 Å². The van der Waals surface area contributed by atoms with Crippen molar-refractivity contribution >= 4 is 11.5 Å². The highest BCUT2D eigenvalue weighted by molar-refractivity contribution is 5.71. The van der Waals surface area contributed by atoms with Crippen molar-refractivity contribution < 1.29 is 9.53 Å². The zero-order valence-electron chi connectivity index (χ0n) is 12.8. The van der Waals surface area contributed by atoms with Gasteiger partial charge < -0.3 is 15.0 Å². The molecule has 0 unspecified atom stereocenters. The summed E-state index contributed by atoms with van der Waals surface area (Å²) in [5.74, 6) is -0.224. The quantitative estimate of drug-likeness (QED) is 0.803. The number of rotatable bonds is 6. The van der Waals surface area contributed by atoms with Gasteiger partial charge >= 0.3 is 5.97 Å². The second kappa shape index (κ2) is 7.90. The van der Waals surface area contributed by atoms with Crippen LogP contribution in [-0.4, -0.2) is 49.1 Å². The van der Waals surface area contributed by atoms with E-state index >= 15 is 0 Å². The van der Waals surface area contributed by atoms with Crippen molar-refractivity contribution in [1.29, 1.82) is 0 Å². The summed E-state index contributed by atoms with van der Waals surface area (Å²) in [6.07, 6.45) is 5.15. The Morgan fingerprint density at radius 2 is 2.33 bits per heavy atom. The summed E-state index contributed by atoms with van der Waals surface area (Å²) in [5.41, 5.74) is 3.44. The van der Waals surface area contributed by atoms with Crippen LogP contribution in [0.3, 0.4) is 0 Å². The van der Waals surface area contributed by atoms with Crippen LogP contribution in [0.4, 0.5) is 0 Å². The van der Waals surface area contributed by atoms with Crippen LogP contribution < -0.4 is 5.32 Å². The fourth-order valence-corrected chi connectivity index (χ4v) is 2.24. The number of aromatic nitrogens is 1. The summed E-state index contributed by atoms with van der Waals surface area (Å²) in [7, 11) is 2.12. The van der Waals surface area contributed by atoms with Gasteiger partial charge in [-0.3, -0.25) is 9.78 Å². The van der Waals surface area contributed by atoms with E-state index in [-0.39, 0.29) is 12.5 Å². The van der Waals surface area contributed by atoms with Crippen LogP contribution >= 0.6 is 0 Å². The van der Waals surface area contributed by atoms with Crippen LogP contribution in [-0.2, 0) is 16.1 Å². The topological polar surface area (TPSA) is 54.5 Å². The minimum Gasteiger partial charge on any atom is -0.465 e. The number of esters is 1. The summed E-state index contributed by atoms with van der Waals surface area (Å²) >= 11 is 0. The Morgan fingerprint density at radius 1 is 1.48 bits per heavy atom. The average Bonchev–Trinajstić information content (AvgIpc) is 2.49. The third kappa shape index (κ3) is 4.95. The monoisotopic (exact) mass is 289 g/mol. The van der Waals surface area contributed by atoms with Crippen LogP contribution in [0.2, 0.25) is 0 Å². The predicted molar refractivity (Wildman–Crippen MR) is 82.7 cm³/mol. The molecule has 1 aliphatic rings. The molecule has 5 nitrogen and oxygen atoms in total. The van der Waals surface area contributed by atoms with Crippen molar-refractivity contribution in [2.45, 2.75) is 19.9 Å². The largest absolute Gasteiger partial charge is 0.465 e. The van der Waals surface area contributed by atoms with Crippen LogP contribution in [0.5, 0.6) is 0 Å². The number of nitrogens with one attached hydrogen (secondary N) is 1. The first-order valence-corrected chi connectivity index (χ1v) is 7.38. The molecule has 0 radical (unpaired) electrons. The van der Waals surface area contributed by atoms with Gasteiger partial charge in [-0.05, 0) is 37.6 Å². The molecule has 0 atom stereocenters. The van der Waals surface area contributed by atoms with Crippen LogP contribution in [0, 0.1) is 0 Å². The molecule has 1 aromatic heterocycles. The van der Waals surface area contributed by atoms with Crippen LogP contribution in [0.25, 0.3) is 5.57 Å². The summed E-state index contributed by atoms with van der Waals surface area (Å²) in [4.78, 5) is 18.0. The van der Waals surface area contributed by atoms with E-state index in [0.717, 1.165) is 30.8 Å². The van der Waals surface area contributed by atoms with Gasteiger partial charge in [0.15, 0.2) is 0 Å². The molecule has 5 heteroatoms. The molecule has 0 saturated carbocycles. The number of pyridine rings is 1. The average molecular weight is 289 g/mol. The van der Waals surface area contributed by atoms with Gasteiger partial charge in [-0.1, -0.05) is 12.1 Å². The van der Waals surface area contributed by atoms with Gasteiger partial charge in [0.1, 0.15) is 0 Å². The molecule has 0 aromatic carbocycles. The number of carbonyl (C=O) groups is 1. The molecule has 0 aliphatic carbocycles. The second-order valence-corrected chi connectivity index (χ2v) is 5.20. The molecular formula is C16H23N3O2. The summed E-state index contributed by atoms with van der Waals surface area (Å²) in [6.45, 7) is 5.14. The van der Waals surface area contributed by atoms with E-state index in [1.165, 1.54) is 5.57 Å². The van der Waals surface area contributed by atoms with Gasteiger partial charge in [-0.2, -0.15) is 0 Å². The summed E-state index contributed by atoms with van der Waals surface area (Å²) in [6, 6.07) is 4.11. The number of likely N-dealkylation sites (N-methyl/N-ethyl adjacent to an activating group) is 1. The third-order valence-corrected chi connectivity index (χ3v) is 3.47. The van der Waals surface area contributed by atoms with E-state index in [4.69, 9.17) is 4.74 Å². The summed E-state index contributed by atoms with van der Waals surface area (Å²) in [5, 5.41) is 3.06. The maximum Gasteiger partial charge on any atom is 0.319 e. The van der Waals surface area contributed by atoms with Gasteiger partial charge in [-0.15, -0.1) is 0 Å². The molecule has 2 heterocycles. The first-order valence-electron chi connectivity index (χ1n) is 7.38. The molecule has 1 aliphatic heterocycles. The third-order valence-electron chi connectivity index (χ3n) is 3.47. The number of carbonyl (C=O) groups excluding carboxylic acids is 1. The fraction of sp³-hybridized carbons (Fsp3) is 0.500. The molecule has 1 aromatic rings. The minimum atomic E-state index is -0.224. The maximum atomic E-state index is 11.2. The van der Waals surface area contributed by atoms with E-state index in [2.05, 4.69) is 40.5 Å². The Balaban J connectivity index is 1.83. The fourth-order valence-electron chi connectivity index (χ4n) is 2.24. The first kappa shape index (κ1) is 15.7. The molecule has 114 valence electrons. The molecular weight excluding hydrogens is 266 g/mol. The smallest absolute Gasteiger partial charge is 0.319 e. The Bertz CT molecular complexity index is 497. The van der Waals surface area contributed by atoms with E-state index in [1.54, 1.807) is 6.92 Å². The standard InChI is InChI=1S/C16H23N3O2/c1-3-21-16(20)12-17-10-13-4-5-15(18-11-13)14-6-8-19(2)9-7-14/h4-6,11,17H,3,7-10,12H2,1-2H3. The highest BCUT2D eigenvalue weighted by atomic mass is 16.5. The van der Waals surface area contributed by atoms with Crippen LogP contribution in [0.15, 0.2) is 24.4 Å². The number of hydrogen-bond donors (Lipinski definition) is 1. The molecule has 2 rings (SSSR count). The van der Waals surface area contributed by atoms with Crippen molar-refractivity contribution in [2.75, 3.05) is 33.3 Å². The van der Waals surface area contributed by atoms with E-state index in [1.807, 2.05) is 6.20 Å². The minimum absolute atomic E-state index is 0.224. The zero-order valence-corrected chi connectivity index (χ0v) is 12.8. The van der Waals surface area contributed by atoms with Crippen molar-refractivity contribution in [1.82, 2.24) is 15.2 Å². The van der Waals surface area contributed by atoms with Crippen molar-refractivity contribution in [2.24, 2.45) is 0 Å². The molecule has 0 fully saturated rings.